The molecule has 2 aliphatic heterocycles. The third-order valence-electron chi connectivity index (χ3n) is 6.56. The number of carbonyl (C=O) groups excluding carboxylic acids is 2. The van der Waals surface area contributed by atoms with Crippen molar-refractivity contribution in [1.82, 2.24) is 10.2 Å². The highest BCUT2D eigenvalue weighted by Crippen LogP contribution is 2.39. The number of hydrogen-bond donors (Lipinski definition) is 1. The van der Waals surface area contributed by atoms with Gasteiger partial charge in [-0.15, -0.1) is 0 Å². The number of likely N-dealkylation sites (tertiary alicyclic amines) is 1. The van der Waals surface area contributed by atoms with E-state index >= 15 is 0 Å². The molecule has 2 heterocycles. The molecule has 0 saturated carbocycles. The molecule has 0 spiro atoms. The molecular formula is C27H39ClN2O5. The third kappa shape index (κ3) is 6.78. The van der Waals surface area contributed by atoms with Crippen LogP contribution in [-0.2, 0) is 19.1 Å². The van der Waals surface area contributed by atoms with Gasteiger partial charge < -0.3 is 24.4 Å². The van der Waals surface area contributed by atoms with Crippen LogP contribution in [0.1, 0.15) is 64.6 Å². The Morgan fingerprint density at radius 3 is 2.51 bits per heavy atom. The SMILES string of the molecule is C=CCOc1cc(Cl)c(C)cc1C(NC(=O)C(C)(C)C)C1CCN(C(=O)[C@H]2COC(C)(C)O2)CC1. The van der Waals surface area contributed by atoms with E-state index in [0.717, 1.165) is 24.0 Å². The van der Waals surface area contributed by atoms with Crippen LogP contribution in [0.3, 0.4) is 0 Å². The van der Waals surface area contributed by atoms with Crippen LogP contribution in [0.5, 0.6) is 5.75 Å². The number of ether oxygens (including phenoxy) is 3. The number of rotatable bonds is 7. The molecular weight excluding hydrogens is 468 g/mol. The van der Waals surface area contributed by atoms with Crippen molar-refractivity contribution in [1.29, 1.82) is 0 Å². The summed E-state index contributed by atoms with van der Waals surface area (Å²) in [6, 6.07) is 3.53. The number of hydrogen-bond acceptors (Lipinski definition) is 5. The molecule has 194 valence electrons. The largest absolute Gasteiger partial charge is 0.489 e. The monoisotopic (exact) mass is 506 g/mol. The first-order valence-corrected chi connectivity index (χ1v) is 12.7. The normalized spacial score (nSPS) is 21.5. The van der Waals surface area contributed by atoms with Crippen molar-refractivity contribution >= 4 is 23.4 Å². The summed E-state index contributed by atoms with van der Waals surface area (Å²) in [5.74, 6) is -0.0651. The summed E-state index contributed by atoms with van der Waals surface area (Å²) < 4.78 is 17.3. The Kier molecular flexibility index (Phi) is 8.56. The van der Waals surface area contributed by atoms with Gasteiger partial charge in [0.1, 0.15) is 12.4 Å². The molecule has 2 saturated heterocycles. The van der Waals surface area contributed by atoms with Crippen LogP contribution in [0.15, 0.2) is 24.8 Å². The lowest BCUT2D eigenvalue weighted by atomic mass is 9.83. The lowest BCUT2D eigenvalue weighted by molar-refractivity contribution is -0.161. The van der Waals surface area contributed by atoms with E-state index in [9.17, 15) is 9.59 Å². The molecule has 1 aromatic carbocycles. The minimum absolute atomic E-state index is 0.0398. The molecule has 8 heteroatoms. The second-order valence-corrected chi connectivity index (χ2v) is 11.3. The van der Waals surface area contributed by atoms with Gasteiger partial charge in [-0.1, -0.05) is 45.0 Å². The topological polar surface area (TPSA) is 77.1 Å². The fraction of sp³-hybridized carbons (Fsp3) is 0.630. The van der Waals surface area contributed by atoms with Crippen LogP contribution in [0.25, 0.3) is 0 Å². The number of piperidine rings is 1. The van der Waals surface area contributed by atoms with Crippen molar-refractivity contribution in [2.24, 2.45) is 11.3 Å². The fourth-order valence-corrected chi connectivity index (χ4v) is 4.63. The molecule has 7 nitrogen and oxygen atoms in total. The number of halogens is 1. The van der Waals surface area contributed by atoms with Gasteiger partial charge >= 0.3 is 0 Å². The minimum atomic E-state index is -0.741. The first-order chi connectivity index (χ1) is 16.3. The van der Waals surface area contributed by atoms with Gasteiger partial charge in [0, 0.05) is 29.1 Å². The summed E-state index contributed by atoms with van der Waals surface area (Å²) in [6.45, 7) is 16.8. The first kappa shape index (κ1) is 27.5. The average molecular weight is 507 g/mol. The quantitative estimate of drug-likeness (QED) is 0.537. The highest BCUT2D eigenvalue weighted by molar-refractivity contribution is 6.31. The summed E-state index contributed by atoms with van der Waals surface area (Å²) in [6.07, 6.45) is 2.58. The Labute approximate surface area is 214 Å². The van der Waals surface area contributed by atoms with Gasteiger partial charge in [0.15, 0.2) is 11.9 Å². The zero-order valence-electron chi connectivity index (χ0n) is 21.8. The van der Waals surface area contributed by atoms with E-state index in [4.69, 9.17) is 25.8 Å². The molecule has 0 bridgehead atoms. The average Bonchev–Trinajstić information content (AvgIpc) is 3.16. The van der Waals surface area contributed by atoms with Crippen molar-refractivity contribution in [2.75, 3.05) is 26.3 Å². The van der Waals surface area contributed by atoms with Crippen molar-refractivity contribution in [3.63, 3.8) is 0 Å². The first-order valence-electron chi connectivity index (χ1n) is 12.3. The molecule has 3 rings (SSSR count). The molecule has 2 atom stereocenters. The van der Waals surface area contributed by atoms with Gasteiger partial charge in [0.25, 0.3) is 5.91 Å². The number of aryl methyl sites for hydroxylation is 1. The Hall–Kier alpha value is -2.09. The van der Waals surface area contributed by atoms with Crippen LogP contribution < -0.4 is 10.1 Å². The predicted octanol–water partition coefficient (Wildman–Crippen LogP) is 4.81. The molecule has 1 unspecified atom stereocenters. The molecule has 0 radical (unpaired) electrons. The van der Waals surface area contributed by atoms with Crippen molar-refractivity contribution in [3.8, 4) is 5.75 Å². The number of amides is 2. The van der Waals surface area contributed by atoms with Crippen LogP contribution in [-0.4, -0.2) is 54.9 Å². The Morgan fingerprint density at radius 2 is 1.97 bits per heavy atom. The Balaban J connectivity index is 1.83. The lowest BCUT2D eigenvalue weighted by Gasteiger charge is -2.38. The highest BCUT2D eigenvalue weighted by Gasteiger charge is 2.41. The van der Waals surface area contributed by atoms with Crippen LogP contribution >= 0.6 is 11.6 Å². The summed E-state index contributed by atoms with van der Waals surface area (Å²) in [5.41, 5.74) is 1.26. The summed E-state index contributed by atoms with van der Waals surface area (Å²) in [7, 11) is 0. The minimum Gasteiger partial charge on any atom is -0.489 e. The zero-order chi connectivity index (χ0) is 26.0. The number of carbonyl (C=O) groups is 2. The standard InChI is InChI=1S/C27H39ClN2O5/c1-8-13-33-21-15-20(28)17(2)14-19(21)23(29-25(32)26(3,4)5)18-9-11-30(12-10-18)24(31)22-16-34-27(6,7)35-22/h8,14-15,18,22-23H,1,9-13,16H2,2-7H3,(H,29,32)/t22-,23?/m1/s1. The Bertz CT molecular complexity index is 948. The van der Waals surface area contributed by atoms with Crippen LogP contribution in [0, 0.1) is 18.3 Å². The molecule has 0 aromatic heterocycles. The molecule has 1 aromatic rings. The lowest BCUT2D eigenvalue weighted by Crippen LogP contribution is -2.48. The van der Waals surface area contributed by atoms with Gasteiger partial charge in [0.05, 0.1) is 12.6 Å². The van der Waals surface area contributed by atoms with Gasteiger partial charge in [-0.2, -0.15) is 0 Å². The van der Waals surface area contributed by atoms with E-state index in [-0.39, 0.29) is 30.4 Å². The van der Waals surface area contributed by atoms with Crippen molar-refractivity contribution < 1.29 is 23.8 Å². The molecule has 2 amide bonds. The van der Waals surface area contributed by atoms with Crippen molar-refractivity contribution in [2.45, 2.75) is 72.3 Å². The predicted molar refractivity (Wildman–Crippen MR) is 136 cm³/mol. The maximum Gasteiger partial charge on any atom is 0.254 e. The molecule has 1 N–H and O–H groups in total. The van der Waals surface area contributed by atoms with Crippen LogP contribution in [0.2, 0.25) is 5.02 Å². The second kappa shape index (κ2) is 10.9. The fourth-order valence-electron chi connectivity index (χ4n) is 4.48. The Morgan fingerprint density at radius 1 is 1.31 bits per heavy atom. The van der Waals surface area contributed by atoms with Gasteiger partial charge in [-0.25, -0.2) is 0 Å². The van der Waals surface area contributed by atoms with Gasteiger partial charge in [-0.3, -0.25) is 9.59 Å². The maximum absolute atomic E-state index is 13.1. The molecule has 2 aliphatic rings. The third-order valence-corrected chi connectivity index (χ3v) is 6.96. The number of nitrogens with zero attached hydrogens (tertiary/aromatic N) is 1. The summed E-state index contributed by atoms with van der Waals surface area (Å²) in [5, 5.41) is 3.89. The van der Waals surface area contributed by atoms with E-state index in [1.807, 2.05) is 58.6 Å². The highest BCUT2D eigenvalue weighted by atomic mass is 35.5. The van der Waals surface area contributed by atoms with Gasteiger partial charge in [0.2, 0.25) is 5.91 Å². The molecule has 0 aliphatic carbocycles. The van der Waals surface area contributed by atoms with E-state index in [0.29, 0.717) is 30.5 Å². The zero-order valence-corrected chi connectivity index (χ0v) is 22.5. The molecule has 2 fully saturated rings. The van der Waals surface area contributed by atoms with Gasteiger partial charge in [-0.05, 0) is 57.2 Å². The second-order valence-electron chi connectivity index (χ2n) is 10.9. The summed E-state index contributed by atoms with van der Waals surface area (Å²) in [4.78, 5) is 27.9. The van der Waals surface area contributed by atoms with Crippen molar-refractivity contribution in [3.05, 3.63) is 40.9 Å². The van der Waals surface area contributed by atoms with E-state index in [1.165, 1.54) is 0 Å². The number of nitrogens with one attached hydrogen (secondary N) is 1. The van der Waals surface area contributed by atoms with E-state index in [2.05, 4.69) is 11.9 Å². The maximum atomic E-state index is 13.1. The van der Waals surface area contributed by atoms with E-state index in [1.54, 1.807) is 6.08 Å². The smallest absolute Gasteiger partial charge is 0.254 e. The van der Waals surface area contributed by atoms with E-state index < -0.39 is 17.3 Å². The summed E-state index contributed by atoms with van der Waals surface area (Å²) >= 11 is 6.41. The number of benzene rings is 1. The van der Waals surface area contributed by atoms with Crippen LogP contribution in [0.4, 0.5) is 0 Å². The molecule has 35 heavy (non-hydrogen) atoms.